The van der Waals surface area contributed by atoms with Crippen molar-refractivity contribution in [3.8, 4) is 11.5 Å². The van der Waals surface area contributed by atoms with Crippen molar-refractivity contribution in [2.75, 3.05) is 6.61 Å². The molecular formula is C13H15N5O4S. The fourth-order valence-electron chi connectivity index (χ4n) is 1.55. The Morgan fingerprint density at radius 3 is 2.91 bits per heavy atom. The van der Waals surface area contributed by atoms with Crippen molar-refractivity contribution in [3.63, 3.8) is 0 Å². The van der Waals surface area contributed by atoms with Crippen molar-refractivity contribution in [1.82, 2.24) is 10.3 Å². The zero-order chi connectivity index (χ0) is 16.8. The average molecular weight is 337 g/mol. The first-order valence-corrected chi connectivity index (χ1v) is 7.36. The second-order valence-corrected chi connectivity index (χ2v) is 5.21. The summed E-state index contributed by atoms with van der Waals surface area (Å²) in [6.45, 7) is 1.08. The minimum atomic E-state index is -0.513. The minimum Gasteiger partial charge on any atom is -0.458 e. The van der Waals surface area contributed by atoms with E-state index in [2.05, 4.69) is 20.0 Å². The molecule has 2 aromatic rings. The third-order valence-corrected chi connectivity index (χ3v) is 3.23. The second kappa shape index (κ2) is 7.40. The van der Waals surface area contributed by atoms with Crippen LogP contribution in [-0.2, 0) is 20.9 Å². The first-order valence-electron chi connectivity index (χ1n) is 6.48. The van der Waals surface area contributed by atoms with Gasteiger partial charge in [-0.15, -0.1) is 11.3 Å². The van der Waals surface area contributed by atoms with Crippen LogP contribution in [-0.4, -0.2) is 29.4 Å². The number of esters is 1. The number of furan rings is 1. The number of rotatable bonds is 6. The third kappa shape index (κ3) is 5.11. The predicted octanol–water partition coefficient (Wildman–Crippen LogP) is 0.487. The maximum atomic E-state index is 11.4. The summed E-state index contributed by atoms with van der Waals surface area (Å²) in [4.78, 5) is 30.1. The first kappa shape index (κ1) is 16.5. The van der Waals surface area contributed by atoms with E-state index in [1.54, 1.807) is 17.5 Å². The van der Waals surface area contributed by atoms with Crippen molar-refractivity contribution in [3.05, 3.63) is 23.3 Å². The summed E-state index contributed by atoms with van der Waals surface area (Å²) in [6, 6.07) is 3.43. The van der Waals surface area contributed by atoms with Gasteiger partial charge in [-0.1, -0.05) is 0 Å². The number of ether oxygens (including phenoxy) is 1. The van der Waals surface area contributed by atoms with E-state index in [9.17, 15) is 9.59 Å². The molecule has 10 heteroatoms. The van der Waals surface area contributed by atoms with Gasteiger partial charge in [-0.2, -0.15) is 4.99 Å². The Hall–Kier alpha value is -2.88. The lowest BCUT2D eigenvalue weighted by atomic mass is 10.3. The van der Waals surface area contributed by atoms with E-state index in [4.69, 9.17) is 15.9 Å². The van der Waals surface area contributed by atoms with Crippen LogP contribution in [0.25, 0.3) is 11.5 Å². The maximum absolute atomic E-state index is 11.4. The van der Waals surface area contributed by atoms with Crippen molar-refractivity contribution in [1.29, 1.82) is 0 Å². The maximum Gasteiger partial charge on any atom is 0.303 e. The Labute approximate surface area is 135 Å². The molecule has 0 radical (unpaired) electrons. The highest BCUT2D eigenvalue weighted by Gasteiger charge is 2.10. The molecule has 0 aliphatic heterocycles. The Bertz CT molecular complexity index is 732. The van der Waals surface area contributed by atoms with E-state index in [1.807, 2.05) is 0 Å². The molecule has 0 fully saturated rings. The van der Waals surface area contributed by atoms with Crippen molar-refractivity contribution < 1.29 is 18.7 Å². The molecule has 0 aliphatic carbocycles. The molecule has 0 unspecified atom stereocenters. The van der Waals surface area contributed by atoms with Gasteiger partial charge in [-0.05, 0) is 12.1 Å². The Morgan fingerprint density at radius 1 is 1.43 bits per heavy atom. The van der Waals surface area contributed by atoms with Crippen LogP contribution in [0.5, 0.6) is 0 Å². The molecule has 0 atom stereocenters. The lowest BCUT2D eigenvalue weighted by Gasteiger charge is -2.03. The van der Waals surface area contributed by atoms with E-state index >= 15 is 0 Å². The van der Waals surface area contributed by atoms with Crippen LogP contribution >= 0.6 is 11.3 Å². The summed E-state index contributed by atoms with van der Waals surface area (Å²) < 4.78 is 10.2. The molecule has 23 heavy (non-hydrogen) atoms. The number of nitrogens with two attached hydrogens (primary N) is 2. The van der Waals surface area contributed by atoms with E-state index in [0.717, 1.165) is 0 Å². The van der Waals surface area contributed by atoms with Crippen LogP contribution in [0.4, 0.5) is 5.13 Å². The molecule has 0 saturated carbocycles. The van der Waals surface area contributed by atoms with E-state index in [1.165, 1.54) is 18.3 Å². The molecule has 9 nitrogen and oxygen atoms in total. The highest BCUT2D eigenvalue weighted by atomic mass is 32.1. The van der Waals surface area contributed by atoms with Crippen molar-refractivity contribution >= 4 is 34.3 Å². The van der Waals surface area contributed by atoms with Gasteiger partial charge in [0.1, 0.15) is 11.5 Å². The summed E-state index contributed by atoms with van der Waals surface area (Å²) in [5, 5.41) is 4.75. The number of hydrogen-bond acceptors (Lipinski definition) is 7. The van der Waals surface area contributed by atoms with Crippen molar-refractivity contribution in [2.24, 2.45) is 16.5 Å². The van der Waals surface area contributed by atoms with Crippen LogP contribution < -0.4 is 16.8 Å². The minimum absolute atomic E-state index is 0.0680. The van der Waals surface area contributed by atoms with E-state index < -0.39 is 11.9 Å². The molecule has 2 rings (SSSR count). The average Bonchev–Trinajstić information content (AvgIpc) is 3.11. The van der Waals surface area contributed by atoms with Crippen molar-refractivity contribution in [2.45, 2.75) is 13.5 Å². The summed E-state index contributed by atoms with van der Waals surface area (Å²) >= 11 is 1.27. The number of carbonyl (C=O) groups excluding carboxylic acids is 2. The van der Waals surface area contributed by atoms with E-state index in [0.29, 0.717) is 22.3 Å². The van der Waals surface area contributed by atoms with Gasteiger partial charge in [-0.25, -0.2) is 4.98 Å². The molecule has 1 amide bonds. The zero-order valence-electron chi connectivity index (χ0n) is 12.2. The highest BCUT2D eigenvalue weighted by molar-refractivity contribution is 7.13. The number of nitrogens with zero attached hydrogens (tertiary/aromatic N) is 2. The number of guanidine groups is 1. The van der Waals surface area contributed by atoms with Gasteiger partial charge in [-0.3, -0.25) is 9.59 Å². The summed E-state index contributed by atoms with van der Waals surface area (Å²) in [6.07, 6.45) is 0. The Morgan fingerprint density at radius 2 is 2.22 bits per heavy atom. The molecule has 2 heterocycles. The Kier molecular flexibility index (Phi) is 5.31. The zero-order valence-corrected chi connectivity index (χ0v) is 13.1. The van der Waals surface area contributed by atoms with E-state index in [-0.39, 0.29) is 19.1 Å². The van der Waals surface area contributed by atoms with Gasteiger partial charge in [0, 0.05) is 12.3 Å². The molecule has 122 valence electrons. The van der Waals surface area contributed by atoms with Gasteiger partial charge in [0.05, 0.1) is 6.54 Å². The normalized spacial score (nSPS) is 10.1. The van der Waals surface area contributed by atoms with Crippen LogP contribution in [0.1, 0.15) is 12.7 Å². The first-order chi connectivity index (χ1) is 10.9. The lowest BCUT2D eigenvalue weighted by Crippen LogP contribution is -2.27. The number of carbonyl (C=O) groups is 2. The van der Waals surface area contributed by atoms with Gasteiger partial charge in [0.2, 0.25) is 5.13 Å². The SMILES string of the molecule is CC(=O)OCC(=O)NCc1ccc(-c2csc(N=C(N)N)n2)o1. The molecule has 5 N–H and O–H groups in total. The smallest absolute Gasteiger partial charge is 0.303 e. The fourth-order valence-corrected chi connectivity index (χ4v) is 2.25. The largest absolute Gasteiger partial charge is 0.458 e. The van der Waals surface area contributed by atoms with Gasteiger partial charge >= 0.3 is 5.97 Å². The molecule has 0 aromatic carbocycles. The van der Waals surface area contributed by atoms with Crippen LogP contribution in [0.2, 0.25) is 0 Å². The highest BCUT2D eigenvalue weighted by Crippen LogP contribution is 2.27. The number of aromatic nitrogens is 1. The molecule has 0 bridgehead atoms. The number of hydrogen-bond donors (Lipinski definition) is 3. The van der Waals surface area contributed by atoms with Crippen LogP contribution in [0.15, 0.2) is 26.9 Å². The summed E-state index contributed by atoms with van der Waals surface area (Å²) in [7, 11) is 0. The van der Waals surface area contributed by atoms with Gasteiger partial charge in [0.25, 0.3) is 5.91 Å². The standard InChI is InChI=1S/C13H15N5O4S/c1-7(19)21-5-11(20)16-4-8-2-3-10(22-8)9-6-23-13(17-9)18-12(14)15/h2-3,6H,4-5H2,1H3,(H,16,20)(H4,14,15,17,18). The molecule has 2 aromatic heterocycles. The number of amides is 1. The number of nitrogens with one attached hydrogen (secondary N) is 1. The van der Waals surface area contributed by atoms with Gasteiger partial charge < -0.3 is 25.9 Å². The summed E-state index contributed by atoms with van der Waals surface area (Å²) in [5.74, 6) is 0.0685. The number of aliphatic imine (C=N–C) groups is 1. The topological polar surface area (TPSA) is 146 Å². The third-order valence-electron chi connectivity index (χ3n) is 2.50. The van der Waals surface area contributed by atoms with Crippen LogP contribution in [0.3, 0.4) is 0 Å². The second-order valence-electron chi connectivity index (χ2n) is 4.37. The van der Waals surface area contributed by atoms with Gasteiger partial charge in [0.15, 0.2) is 18.3 Å². The Balaban J connectivity index is 1.93. The fraction of sp³-hybridized carbons (Fsp3) is 0.231. The quantitative estimate of drug-likeness (QED) is 0.395. The predicted molar refractivity (Wildman–Crippen MR) is 83.8 cm³/mol. The molecule has 0 aliphatic rings. The summed E-state index contributed by atoms with van der Waals surface area (Å²) in [5.41, 5.74) is 11.2. The van der Waals surface area contributed by atoms with Crippen LogP contribution in [0, 0.1) is 0 Å². The molecule has 0 saturated heterocycles. The monoisotopic (exact) mass is 337 g/mol. The lowest BCUT2D eigenvalue weighted by molar-refractivity contribution is -0.146. The molecular weight excluding hydrogens is 322 g/mol. The molecule has 0 spiro atoms. The number of thiazole rings is 1.